The fourth-order valence-corrected chi connectivity index (χ4v) is 4.56. The van der Waals surface area contributed by atoms with Gasteiger partial charge in [0.2, 0.25) is 0 Å². The Morgan fingerprint density at radius 3 is 2.43 bits per heavy atom. The number of aromatic nitrogens is 1. The predicted octanol–water partition coefficient (Wildman–Crippen LogP) is 2.51. The second-order valence-corrected chi connectivity index (χ2v) is 11.6. The monoisotopic (exact) mass is 295 g/mol. The summed E-state index contributed by atoms with van der Waals surface area (Å²) in [6.07, 6.45) is 4.86. The average molecular weight is 294 g/mol. The molecule has 14 heavy (non-hydrogen) atoms. The van der Waals surface area contributed by atoms with Crippen LogP contribution >= 0.6 is 0 Å². The minimum atomic E-state index is -0.489. The molecule has 1 aliphatic carbocycles. The molecule has 1 saturated carbocycles. The standard InChI is InChI=1S/C8H8N.C4H9.Sn/c1-2-8(6-9-5-1)7-3-4-7;1-4(2)3;/h1-2,6-7H,3-4H2;1-3H3;. The summed E-state index contributed by atoms with van der Waals surface area (Å²) in [4.78, 5) is 4.60. The van der Waals surface area contributed by atoms with Crippen molar-refractivity contribution in [3.8, 4) is 0 Å². The van der Waals surface area contributed by atoms with Crippen molar-refractivity contribution in [2.24, 2.45) is 0 Å². The first-order valence-electron chi connectivity index (χ1n) is 5.29. The van der Waals surface area contributed by atoms with Gasteiger partial charge in [-0.3, -0.25) is 0 Å². The molecule has 0 N–H and O–H groups in total. The van der Waals surface area contributed by atoms with Crippen LogP contribution in [-0.4, -0.2) is 26.1 Å². The topological polar surface area (TPSA) is 12.9 Å². The van der Waals surface area contributed by atoms with Gasteiger partial charge in [-0.15, -0.1) is 0 Å². The van der Waals surface area contributed by atoms with Gasteiger partial charge in [0, 0.05) is 0 Å². The van der Waals surface area contributed by atoms with Crippen LogP contribution in [0.2, 0.25) is 3.43 Å². The number of hydrogen-bond acceptors (Lipinski definition) is 1. The third kappa shape index (κ3) is 2.97. The van der Waals surface area contributed by atoms with E-state index in [9.17, 15) is 0 Å². The molecule has 0 aromatic carbocycles. The zero-order valence-electron chi connectivity index (χ0n) is 9.17. The normalized spacial score (nSPS) is 17.1. The van der Waals surface area contributed by atoms with Crippen LogP contribution < -0.4 is 3.71 Å². The fraction of sp³-hybridized carbons (Fsp3) is 0.583. The van der Waals surface area contributed by atoms with Gasteiger partial charge in [-0.25, -0.2) is 0 Å². The molecular weight excluding hydrogens is 277 g/mol. The molecule has 0 saturated heterocycles. The average Bonchev–Trinajstić information content (AvgIpc) is 2.85. The van der Waals surface area contributed by atoms with Gasteiger partial charge >= 0.3 is 96.7 Å². The molecule has 74 valence electrons. The van der Waals surface area contributed by atoms with Crippen LogP contribution in [0.5, 0.6) is 0 Å². The van der Waals surface area contributed by atoms with Crippen LogP contribution in [0.1, 0.15) is 45.1 Å². The summed E-state index contributed by atoms with van der Waals surface area (Å²) in [6.45, 7) is 6.99. The van der Waals surface area contributed by atoms with Crippen LogP contribution in [0.4, 0.5) is 0 Å². The van der Waals surface area contributed by atoms with Gasteiger partial charge in [0.15, 0.2) is 0 Å². The van der Waals surface area contributed by atoms with Crippen LogP contribution in [0.15, 0.2) is 18.3 Å². The summed E-state index contributed by atoms with van der Waals surface area (Å²) in [7, 11) is 0. The fourth-order valence-electron chi connectivity index (χ4n) is 1.52. The summed E-state index contributed by atoms with van der Waals surface area (Å²) >= 11 is -0.489. The molecule has 2 heteroatoms. The van der Waals surface area contributed by atoms with E-state index in [-0.39, 0.29) is 0 Å². The summed E-state index contributed by atoms with van der Waals surface area (Å²) in [5.41, 5.74) is 1.46. The maximum atomic E-state index is 4.60. The molecule has 2 rings (SSSR count). The van der Waals surface area contributed by atoms with E-state index in [1.807, 2.05) is 0 Å². The van der Waals surface area contributed by atoms with Crippen molar-refractivity contribution in [2.75, 3.05) is 0 Å². The van der Waals surface area contributed by atoms with Crippen molar-refractivity contribution < 1.29 is 0 Å². The van der Waals surface area contributed by atoms with Crippen LogP contribution in [0, 0.1) is 0 Å². The van der Waals surface area contributed by atoms with E-state index in [1.54, 1.807) is 0 Å². The second-order valence-electron chi connectivity index (χ2n) is 5.13. The minimum absolute atomic E-state index is 0.489. The molecule has 0 spiro atoms. The molecule has 1 nitrogen and oxygen atoms in total. The Morgan fingerprint density at radius 2 is 2.00 bits per heavy atom. The Balaban J connectivity index is 2.06. The molecule has 0 unspecified atom stereocenters. The second kappa shape index (κ2) is 3.84. The Kier molecular flexibility index (Phi) is 2.87. The third-order valence-corrected chi connectivity index (χ3v) is 6.05. The van der Waals surface area contributed by atoms with Gasteiger partial charge in [-0.1, -0.05) is 0 Å². The third-order valence-electron chi connectivity index (χ3n) is 2.34. The molecule has 1 aliphatic rings. The van der Waals surface area contributed by atoms with E-state index in [0.29, 0.717) is 3.43 Å². The van der Waals surface area contributed by atoms with E-state index in [1.165, 1.54) is 22.1 Å². The predicted molar refractivity (Wildman–Crippen MR) is 61.3 cm³/mol. The maximum absolute atomic E-state index is 4.60. The summed E-state index contributed by atoms with van der Waals surface area (Å²) in [6, 6.07) is 4.57. The number of rotatable bonds is 2. The first kappa shape index (κ1) is 10.5. The molecular formula is C12H17NSn. The van der Waals surface area contributed by atoms with E-state index in [0.717, 1.165) is 5.92 Å². The molecule has 1 aromatic rings. The quantitative estimate of drug-likeness (QED) is 0.764. The Bertz CT molecular complexity index is 306. The Hall–Kier alpha value is -0.0513. The molecule has 1 aromatic heterocycles. The number of hydrogen-bond donors (Lipinski definition) is 0. The van der Waals surface area contributed by atoms with E-state index >= 15 is 0 Å². The molecule has 0 amide bonds. The van der Waals surface area contributed by atoms with Gasteiger partial charge in [-0.2, -0.15) is 0 Å². The van der Waals surface area contributed by atoms with Crippen LogP contribution in [0.25, 0.3) is 0 Å². The molecule has 1 heterocycles. The van der Waals surface area contributed by atoms with Crippen molar-refractivity contribution >= 4 is 24.9 Å². The first-order chi connectivity index (χ1) is 6.54. The number of nitrogens with zero attached hydrogens (tertiary/aromatic N) is 1. The summed E-state index contributed by atoms with van der Waals surface area (Å²) in [5, 5.41) is 0. The van der Waals surface area contributed by atoms with E-state index in [4.69, 9.17) is 0 Å². The SMILES string of the molecule is C[C](C)(C)[Sn][c]1ccc(C2CC2)cn1. The van der Waals surface area contributed by atoms with Crippen LogP contribution in [0.3, 0.4) is 0 Å². The van der Waals surface area contributed by atoms with Crippen molar-refractivity contribution in [2.45, 2.75) is 43.0 Å². The summed E-state index contributed by atoms with van der Waals surface area (Å²) < 4.78 is 1.91. The Morgan fingerprint density at radius 1 is 1.29 bits per heavy atom. The van der Waals surface area contributed by atoms with Gasteiger partial charge in [0.25, 0.3) is 0 Å². The van der Waals surface area contributed by atoms with Gasteiger partial charge in [-0.05, 0) is 0 Å². The molecule has 0 aliphatic heterocycles. The van der Waals surface area contributed by atoms with Gasteiger partial charge in [0.05, 0.1) is 0 Å². The van der Waals surface area contributed by atoms with Crippen molar-refractivity contribution in [3.05, 3.63) is 23.9 Å². The molecule has 1 fully saturated rings. The first-order valence-corrected chi connectivity index (χ1v) is 8.14. The van der Waals surface area contributed by atoms with Gasteiger partial charge < -0.3 is 0 Å². The Labute approximate surface area is 96.5 Å². The number of pyridine rings is 1. The zero-order chi connectivity index (χ0) is 10.2. The summed E-state index contributed by atoms with van der Waals surface area (Å²) in [5.74, 6) is 0.844. The van der Waals surface area contributed by atoms with Crippen molar-refractivity contribution in [1.82, 2.24) is 4.98 Å². The van der Waals surface area contributed by atoms with E-state index < -0.39 is 21.1 Å². The van der Waals surface area contributed by atoms with Crippen LogP contribution in [-0.2, 0) is 0 Å². The van der Waals surface area contributed by atoms with Crippen molar-refractivity contribution in [1.29, 1.82) is 0 Å². The van der Waals surface area contributed by atoms with Crippen molar-refractivity contribution in [3.63, 3.8) is 0 Å². The molecule has 0 bridgehead atoms. The van der Waals surface area contributed by atoms with E-state index in [2.05, 4.69) is 44.1 Å². The zero-order valence-corrected chi connectivity index (χ0v) is 12.0. The molecule has 0 atom stereocenters. The molecule has 2 radical (unpaired) electrons. The van der Waals surface area contributed by atoms with Gasteiger partial charge in [0.1, 0.15) is 0 Å².